The summed E-state index contributed by atoms with van der Waals surface area (Å²) in [6, 6.07) is 5.81. The number of halogens is 4. The highest BCUT2D eigenvalue weighted by Gasteiger charge is 2.32. The molecule has 1 fully saturated rings. The van der Waals surface area contributed by atoms with E-state index in [0.29, 0.717) is 25.6 Å². The number of piperidine rings is 1. The summed E-state index contributed by atoms with van der Waals surface area (Å²) in [4.78, 5) is 10.0. The van der Waals surface area contributed by atoms with E-state index < -0.39 is 12.7 Å². The van der Waals surface area contributed by atoms with Crippen molar-refractivity contribution in [1.82, 2.24) is 14.9 Å². The van der Waals surface area contributed by atoms with Gasteiger partial charge in [0.15, 0.2) is 0 Å². The Balaban J connectivity index is 1.57. The average molecular weight is 403 g/mol. The first kappa shape index (κ1) is 17.4. The van der Waals surface area contributed by atoms with Crippen molar-refractivity contribution in [2.75, 3.05) is 31.5 Å². The zero-order chi connectivity index (χ0) is 17.2. The first-order valence-electron chi connectivity index (χ1n) is 7.84. The minimum absolute atomic E-state index is 0.353. The lowest BCUT2D eigenvalue weighted by atomic mass is 9.97. The maximum Gasteiger partial charge on any atom is 0.401 e. The van der Waals surface area contributed by atoms with Crippen molar-refractivity contribution in [2.24, 2.45) is 5.92 Å². The number of likely N-dealkylation sites (tertiary alicyclic amines) is 1. The highest BCUT2D eigenvalue weighted by Crippen LogP contribution is 2.25. The molecule has 0 bridgehead atoms. The summed E-state index contributed by atoms with van der Waals surface area (Å²) in [6.45, 7) is 0.875. The molecule has 2 aromatic rings. The number of benzene rings is 1. The number of nitrogens with zero attached hydrogens (tertiary/aromatic N) is 3. The van der Waals surface area contributed by atoms with E-state index in [0.717, 1.165) is 34.0 Å². The van der Waals surface area contributed by atoms with Gasteiger partial charge >= 0.3 is 6.18 Å². The predicted molar refractivity (Wildman–Crippen MR) is 90.9 cm³/mol. The normalized spacial score (nSPS) is 17.3. The zero-order valence-corrected chi connectivity index (χ0v) is 14.6. The third-order valence-corrected chi connectivity index (χ3v) is 4.76. The van der Waals surface area contributed by atoms with Gasteiger partial charge in [-0.1, -0.05) is 15.9 Å². The second kappa shape index (κ2) is 7.23. The minimum atomic E-state index is -4.11. The van der Waals surface area contributed by atoms with Crippen LogP contribution in [0.4, 0.5) is 19.0 Å². The summed E-state index contributed by atoms with van der Waals surface area (Å²) in [6.07, 6.45) is -1.07. The number of nitrogens with one attached hydrogen (secondary N) is 1. The van der Waals surface area contributed by atoms with Crippen molar-refractivity contribution >= 4 is 32.7 Å². The van der Waals surface area contributed by atoms with E-state index in [2.05, 4.69) is 31.2 Å². The molecular formula is C16H18BrF3N4. The Labute approximate surface area is 146 Å². The van der Waals surface area contributed by atoms with Crippen LogP contribution in [0.3, 0.4) is 0 Å². The Morgan fingerprint density at radius 1 is 1.21 bits per heavy atom. The first-order valence-corrected chi connectivity index (χ1v) is 8.63. The van der Waals surface area contributed by atoms with Crippen LogP contribution in [-0.4, -0.2) is 47.2 Å². The van der Waals surface area contributed by atoms with Gasteiger partial charge in [-0.15, -0.1) is 0 Å². The van der Waals surface area contributed by atoms with Crippen LogP contribution in [0.15, 0.2) is 29.0 Å². The molecule has 0 unspecified atom stereocenters. The number of rotatable bonds is 4. The van der Waals surface area contributed by atoms with E-state index in [1.165, 1.54) is 11.2 Å². The maximum absolute atomic E-state index is 12.4. The fourth-order valence-electron chi connectivity index (χ4n) is 3.01. The molecule has 1 aromatic heterocycles. The quantitative estimate of drug-likeness (QED) is 0.836. The van der Waals surface area contributed by atoms with Crippen molar-refractivity contribution in [1.29, 1.82) is 0 Å². The van der Waals surface area contributed by atoms with Gasteiger partial charge in [0.2, 0.25) is 0 Å². The topological polar surface area (TPSA) is 41.0 Å². The van der Waals surface area contributed by atoms with E-state index in [4.69, 9.17) is 0 Å². The van der Waals surface area contributed by atoms with Crippen LogP contribution in [0.2, 0.25) is 0 Å². The predicted octanol–water partition coefficient (Wildman–Crippen LogP) is 4.08. The Bertz CT molecular complexity index is 699. The molecular weight excluding hydrogens is 385 g/mol. The smallest absolute Gasteiger partial charge is 0.369 e. The monoisotopic (exact) mass is 402 g/mol. The Morgan fingerprint density at radius 2 is 1.96 bits per heavy atom. The Kier molecular flexibility index (Phi) is 5.24. The van der Waals surface area contributed by atoms with Crippen LogP contribution in [0, 0.1) is 5.92 Å². The van der Waals surface area contributed by atoms with Crippen LogP contribution in [0.25, 0.3) is 10.9 Å². The van der Waals surface area contributed by atoms with Gasteiger partial charge in [0.05, 0.1) is 12.1 Å². The van der Waals surface area contributed by atoms with Crippen molar-refractivity contribution in [3.63, 3.8) is 0 Å². The molecule has 4 nitrogen and oxygen atoms in total. The van der Waals surface area contributed by atoms with Gasteiger partial charge in [0.1, 0.15) is 12.1 Å². The van der Waals surface area contributed by atoms with Crippen LogP contribution < -0.4 is 5.32 Å². The molecule has 130 valence electrons. The number of aromatic nitrogens is 2. The minimum Gasteiger partial charge on any atom is -0.369 e. The van der Waals surface area contributed by atoms with Crippen molar-refractivity contribution in [2.45, 2.75) is 19.0 Å². The van der Waals surface area contributed by atoms with Gasteiger partial charge < -0.3 is 5.32 Å². The SMILES string of the molecule is FC(F)(F)CN1CCC(CNc2ncnc3ccc(Br)cc23)CC1. The van der Waals surface area contributed by atoms with E-state index in [9.17, 15) is 13.2 Å². The Morgan fingerprint density at radius 3 is 2.67 bits per heavy atom. The molecule has 8 heteroatoms. The van der Waals surface area contributed by atoms with E-state index in [1.807, 2.05) is 18.2 Å². The molecule has 2 heterocycles. The third kappa shape index (κ3) is 4.57. The van der Waals surface area contributed by atoms with Gasteiger partial charge in [0, 0.05) is 16.4 Å². The lowest BCUT2D eigenvalue weighted by Crippen LogP contribution is -2.41. The van der Waals surface area contributed by atoms with Crippen molar-refractivity contribution in [3.8, 4) is 0 Å². The number of fused-ring (bicyclic) bond motifs is 1. The number of alkyl halides is 3. The highest BCUT2D eigenvalue weighted by molar-refractivity contribution is 9.10. The fraction of sp³-hybridized carbons (Fsp3) is 0.500. The highest BCUT2D eigenvalue weighted by atomic mass is 79.9. The van der Waals surface area contributed by atoms with Crippen LogP contribution in [0.1, 0.15) is 12.8 Å². The van der Waals surface area contributed by atoms with Crippen molar-refractivity contribution < 1.29 is 13.2 Å². The van der Waals surface area contributed by atoms with Gasteiger partial charge in [-0.05, 0) is 50.0 Å². The van der Waals surface area contributed by atoms with Crippen LogP contribution in [-0.2, 0) is 0 Å². The van der Waals surface area contributed by atoms with Gasteiger partial charge in [-0.3, -0.25) is 4.90 Å². The lowest BCUT2D eigenvalue weighted by Gasteiger charge is -2.32. The van der Waals surface area contributed by atoms with Crippen molar-refractivity contribution in [3.05, 3.63) is 29.0 Å². The van der Waals surface area contributed by atoms with Gasteiger partial charge in [0.25, 0.3) is 0 Å². The molecule has 1 aliphatic rings. The summed E-state index contributed by atoms with van der Waals surface area (Å²) in [5, 5.41) is 4.27. The fourth-order valence-corrected chi connectivity index (χ4v) is 3.37. The van der Waals surface area contributed by atoms with E-state index >= 15 is 0 Å². The summed E-state index contributed by atoms with van der Waals surface area (Å²) >= 11 is 3.44. The standard InChI is InChI=1S/C16H18BrF3N4/c17-12-1-2-14-13(7-12)15(23-10-22-14)21-8-11-3-5-24(6-4-11)9-16(18,19)20/h1-2,7,10-11H,3-6,8-9H2,(H,21,22,23). The lowest BCUT2D eigenvalue weighted by molar-refractivity contribution is -0.148. The molecule has 0 atom stereocenters. The second-order valence-electron chi connectivity index (χ2n) is 6.10. The van der Waals surface area contributed by atoms with Crippen LogP contribution in [0.5, 0.6) is 0 Å². The summed E-state index contributed by atoms with van der Waals surface area (Å²) < 4.78 is 38.2. The molecule has 24 heavy (non-hydrogen) atoms. The number of anilines is 1. The van der Waals surface area contributed by atoms with E-state index in [1.54, 1.807) is 0 Å². The molecule has 0 amide bonds. The third-order valence-electron chi connectivity index (χ3n) is 4.27. The molecule has 1 aromatic carbocycles. The maximum atomic E-state index is 12.4. The molecule has 0 radical (unpaired) electrons. The van der Waals surface area contributed by atoms with E-state index in [-0.39, 0.29) is 0 Å². The summed E-state index contributed by atoms with van der Waals surface area (Å²) in [7, 11) is 0. The second-order valence-corrected chi connectivity index (χ2v) is 7.02. The largest absolute Gasteiger partial charge is 0.401 e. The molecule has 1 aliphatic heterocycles. The number of hydrogen-bond acceptors (Lipinski definition) is 4. The Hall–Kier alpha value is -1.41. The summed E-state index contributed by atoms with van der Waals surface area (Å²) in [5.74, 6) is 1.12. The number of hydrogen-bond donors (Lipinski definition) is 1. The average Bonchev–Trinajstić information content (AvgIpc) is 2.53. The molecule has 3 rings (SSSR count). The first-order chi connectivity index (χ1) is 11.4. The molecule has 0 aliphatic carbocycles. The van der Waals surface area contributed by atoms with Gasteiger partial charge in [-0.25, -0.2) is 9.97 Å². The summed E-state index contributed by atoms with van der Waals surface area (Å²) in [5.41, 5.74) is 0.857. The molecule has 0 spiro atoms. The molecule has 1 saturated heterocycles. The zero-order valence-electron chi connectivity index (χ0n) is 13.0. The molecule has 0 saturated carbocycles. The van der Waals surface area contributed by atoms with Crippen LogP contribution >= 0.6 is 15.9 Å². The van der Waals surface area contributed by atoms with Gasteiger partial charge in [-0.2, -0.15) is 13.2 Å². The molecule has 1 N–H and O–H groups in total.